The van der Waals surface area contributed by atoms with Crippen LogP contribution >= 0.6 is 12.6 Å². The van der Waals surface area contributed by atoms with Crippen LogP contribution in [0.4, 0.5) is 0 Å². The third-order valence-corrected chi connectivity index (χ3v) is 3.44. The number of ketones is 1. The molecule has 0 bridgehead atoms. The standard InChI is InChI=1S/C16H15NO2S/c1-2-14(17-19)16(18)13-9-8-12(10-15(13)20)11-6-4-3-5-7-11/h3-10,19-20H,2H2,1H3. The van der Waals surface area contributed by atoms with Gasteiger partial charge in [0, 0.05) is 10.5 Å². The Labute approximate surface area is 123 Å². The fraction of sp³-hybridized carbons (Fsp3) is 0.125. The normalized spacial score (nSPS) is 11.4. The molecule has 0 saturated heterocycles. The van der Waals surface area contributed by atoms with Crippen LogP contribution < -0.4 is 0 Å². The SMILES string of the molecule is CCC(=NO)C(=O)c1ccc(-c2ccccc2)cc1S. The molecule has 0 aliphatic carbocycles. The van der Waals surface area contributed by atoms with Gasteiger partial charge in [0.2, 0.25) is 5.78 Å². The van der Waals surface area contributed by atoms with Gasteiger partial charge in [-0.25, -0.2) is 0 Å². The second kappa shape index (κ2) is 6.39. The van der Waals surface area contributed by atoms with Crippen LogP contribution in [0.15, 0.2) is 58.6 Å². The first kappa shape index (κ1) is 14.3. The van der Waals surface area contributed by atoms with Gasteiger partial charge in [-0.1, -0.05) is 48.5 Å². The van der Waals surface area contributed by atoms with Gasteiger partial charge in [0.15, 0.2) is 0 Å². The lowest BCUT2D eigenvalue weighted by Crippen LogP contribution is -2.14. The molecule has 0 amide bonds. The Kier molecular flexibility index (Phi) is 4.58. The molecule has 0 aliphatic heterocycles. The van der Waals surface area contributed by atoms with Crippen LogP contribution in [0.25, 0.3) is 11.1 Å². The molecule has 2 aromatic carbocycles. The van der Waals surface area contributed by atoms with E-state index in [1.165, 1.54) is 0 Å². The van der Waals surface area contributed by atoms with Crippen molar-refractivity contribution in [2.75, 3.05) is 0 Å². The molecule has 0 aromatic heterocycles. The Hall–Kier alpha value is -2.07. The van der Waals surface area contributed by atoms with Gasteiger partial charge < -0.3 is 5.21 Å². The van der Waals surface area contributed by atoms with E-state index in [9.17, 15) is 4.79 Å². The van der Waals surface area contributed by atoms with Crippen molar-refractivity contribution in [1.29, 1.82) is 0 Å². The van der Waals surface area contributed by atoms with Crippen LogP contribution in [0.3, 0.4) is 0 Å². The molecule has 0 fully saturated rings. The summed E-state index contributed by atoms with van der Waals surface area (Å²) in [5.74, 6) is -0.292. The molecule has 0 spiro atoms. The lowest BCUT2D eigenvalue weighted by Gasteiger charge is -2.08. The summed E-state index contributed by atoms with van der Waals surface area (Å²) in [6, 6.07) is 15.3. The summed E-state index contributed by atoms with van der Waals surface area (Å²) in [4.78, 5) is 12.7. The molecule has 102 valence electrons. The highest BCUT2D eigenvalue weighted by molar-refractivity contribution is 7.80. The van der Waals surface area contributed by atoms with E-state index in [1.54, 1.807) is 13.0 Å². The molecule has 0 saturated carbocycles. The van der Waals surface area contributed by atoms with Crippen molar-refractivity contribution in [3.8, 4) is 11.1 Å². The average Bonchev–Trinajstić information content (AvgIpc) is 2.49. The largest absolute Gasteiger partial charge is 0.411 e. The maximum absolute atomic E-state index is 12.1. The predicted molar refractivity (Wildman–Crippen MR) is 83.0 cm³/mol. The van der Waals surface area contributed by atoms with Crippen LogP contribution in [0.5, 0.6) is 0 Å². The molecule has 2 rings (SSSR count). The zero-order valence-electron chi connectivity index (χ0n) is 11.1. The second-order valence-electron chi connectivity index (χ2n) is 4.33. The van der Waals surface area contributed by atoms with Crippen molar-refractivity contribution >= 4 is 24.1 Å². The number of Topliss-reactive ketones (excluding diaryl/α,β-unsaturated/α-hetero) is 1. The van der Waals surface area contributed by atoms with E-state index in [0.717, 1.165) is 11.1 Å². The maximum Gasteiger partial charge on any atom is 0.211 e. The van der Waals surface area contributed by atoms with Gasteiger partial charge in [-0.15, -0.1) is 12.6 Å². The molecule has 20 heavy (non-hydrogen) atoms. The molecule has 0 aliphatic rings. The van der Waals surface area contributed by atoms with Crippen LogP contribution in [-0.4, -0.2) is 16.7 Å². The van der Waals surface area contributed by atoms with Crippen LogP contribution in [0, 0.1) is 0 Å². The third kappa shape index (κ3) is 2.91. The van der Waals surface area contributed by atoms with E-state index >= 15 is 0 Å². The summed E-state index contributed by atoms with van der Waals surface area (Å²) >= 11 is 4.37. The lowest BCUT2D eigenvalue weighted by molar-refractivity contribution is 0.105. The van der Waals surface area contributed by atoms with Crippen molar-refractivity contribution in [1.82, 2.24) is 0 Å². The highest BCUT2D eigenvalue weighted by Gasteiger charge is 2.16. The van der Waals surface area contributed by atoms with Crippen molar-refractivity contribution in [2.24, 2.45) is 5.16 Å². The fourth-order valence-corrected chi connectivity index (χ4v) is 2.28. The number of carbonyl (C=O) groups is 1. The molecule has 0 unspecified atom stereocenters. The highest BCUT2D eigenvalue weighted by Crippen LogP contribution is 2.25. The van der Waals surface area contributed by atoms with E-state index in [2.05, 4.69) is 17.8 Å². The molecule has 2 aromatic rings. The van der Waals surface area contributed by atoms with Gasteiger partial charge in [0.1, 0.15) is 5.71 Å². The molecule has 0 atom stereocenters. The van der Waals surface area contributed by atoms with E-state index in [1.807, 2.05) is 42.5 Å². The number of nitrogens with zero attached hydrogens (tertiary/aromatic N) is 1. The number of thiol groups is 1. The molecule has 0 radical (unpaired) electrons. The van der Waals surface area contributed by atoms with Crippen molar-refractivity contribution in [3.63, 3.8) is 0 Å². The second-order valence-corrected chi connectivity index (χ2v) is 4.81. The van der Waals surface area contributed by atoms with E-state index in [0.29, 0.717) is 16.9 Å². The van der Waals surface area contributed by atoms with Gasteiger partial charge >= 0.3 is 0 Å². The molecule has 1 N–H and O–H groups in total. The van der Waals surface area contributed by atoms with Gasteiger partial charge in [0.25, 0.3) is 0 Å². The minimum absolute atomic E-state index is 0.132. The number of hydrogen-bond acceptors (Lipinski definition) is 4. The predicted octanol–water partition coefficient (Wildman–Crippen LogP) is 4.07. The number of hydrogen-bond donors (Lipinski definition) is 2. The monoisotopic (exact) mass is 285 g/mol. The minimum Gasteiger partial charge on any atom is -0.411 e. The Bertz CT molecular complexity index is 651. The molecule has 4 heteroatoms. The summed E-state index contributed by atoms with van der Waals surface area (Å²) in [6.45, 7) is 1.77. The van der Waals surface area contributed by atoms with Crippen molar-refractivity contribution in [2.45, 2.75) is 18.2 Å². The number of rotatable bonds is 4. The topological polar surface area (TPSA) is 49.7 Å². The van der Waals surface area contributed by atoms with Crippen LogP contribution in [0.2, 0.25) is 0 Å². The number of benzene rings is 2. The van der Waals surface area contributed by atoms with Crippen LogP contribution in [0.1, 0.15) is 23.7 Å². The highest BCUT2D eigenvalue weighted by atomic mass is 32.1. The molecular weight excluding hydrogens is 270 g/mol. The number of carbonyl (C=O) groups excluding carboxylic acids is 1. The molecular formula is C16H15NO2S. The Morgan fingerprint density at radius 1 is 1.15 bits per heavy atom. The zero-order valence-corrected chi connectivity index (χ0v) is 12.0. The summed E-state index contributed by atoms with van der Waals surface area (Å²) in [5, 5.41) is 11.9. The first-order valence-corrected chi connectivity index (χ1v) is 6.76. The summed E-state index contributed by atoms with van der Waals surface area (Å²) < 4.78 is 0. The first-order valence-electron chi connectivity index (χ1n) is 6.31. The Morgan fingerprint density at radius 2 is 1.85 bits per heavy atom. The summed E-state index contributed by atoms with van der Waals surface area (Å²) in [6.07, 6.45) is 0.378. The lowest BCUT2D eigenvalue weighted by atomic mass is 10.00. The van der Waals surface area contributed by atoms with Gasteiger partial charge in [-0.3, -0.25) is 4.79 Å². The smallest absolute Gasteiger partial charge is 0.211 e. The maximum atomic E-state index is 12.1. The minimum atomic E-state index is -0.292. The van der Waals surface area contributed by atoms with Crippen LogP contribution in [-0.2, 0) is 0 Å². The Balaban J connectivity index is 2.39. The summed E-state index contributed by atoms with van der Waals surface area (Å²) in [7, 11) is 0. The van der Waals surface area contributed by atoms with E-state index in [4.69, 9.17) is 5.21 Å². The van der Waals surface area contributed by atoms with E-state index < -0.39 is 0 Å². The van der Waals surface area contributed by atoms with Gasteiger partial charge in [-0.2, -0.15) is 0 Å². The van der Waals surface area contributed by atoms with Crippen molar-refractivity contribution < 1.29 is 10.0 Å². The average molecular weight is 285 g/mol. The Morgan fingerprint density at radius 3 is 2.40 bits per heavy atom. The van der Waals surface area contributed by atoms with E-state index in [-0.39, 0.29) is 11.5 Å². The summed E-state index contributed by atoms with van der Waals surface area (Å²) in [5.41, 5.74) is 2.63. The first-order chi connectivity index (χ1) is 9.67. The number of oxime groups is 1. The van der Waals surface area contributed by atoms with Gasteiger partial charge in [0.05, 0.1) is 0 Å². The zero-order chi connectivity index (χ0) is 14.5. The third-order valence-electron chi connectivity index (χ3n) is 3.07. The fourth-order valence-electron chi connectivity index (χ4n) is 1.97. The quantitative estimate of drug-likeness (QED) is 0.292. The molecule has 0 heterocycles. The van der Waals surface area contributed by atoms with Gasteiger partial charge in [-0.05, 0) is 29.7 Å². The molecule has 3 nitrogen and oxygen atoms in total. The van der Waals surface area contributed by atoms with Crippen molar-refractivity contribution in [3.05, 3.63) is 54.1 Å².